The summed E-state index contributed by atoms with van der Waals surface area (Å²) in [5.74, 6) is -0.646. The molecule has 1 aromatic rings. The number of benzene rings is 1. The van der Waals surface area contributed by atoms with Gasteiger partial charge in [0.15, 0.2) is 0 Å². The molecule has 1 aliphatic heterocycles. The van der Waals surface area contributed by atoms with Gasteiger partial charge in [0.25, 0.3) is 0 Å². The number of carbonyl (C=O) groups excluding carboxylic acids is 2. The van der Waals surface area contributed by atoms with Crippen LogP contribution in [-0.4, -0.2) is 47.4 Å². The number of rotatable bonds is 7. The van der Waals surface area contributed by atoms with Crippen LogP contribution in [0.15, 0.2) is 30.3 Å². The molecule has 27 heavy (non-hydrogen) atoms. The van der Waals surface area contributed by atoms with Gasteiger partial charge in [-0.25, -0.2) is 4.79 Å². The van der Waals surface area contributed by atoms with Crippen molar-refractivity contribution in [1.82, 2.24) is 4.90 Å². The molecule has 150 valence electrons. The maximum Gasteiger partial charge on any atom is 0.353 e. The number of nitrogens with zero attached hydrogens (tertiary/aromatic N) is 1. The maximum absolute atomic E-state index is 12.6. The second kappa shape index (κ2) is 8.85. The van der Waals surface area contributed by atoms with Crippen LogP contribution in [0.3, 0.4) is 0 Å². The highest BCUT2D eigenvalue weighted by molar-refractivity contribution is 5.79. The van der Waals surface area contributed by atoms with Crippen molar-refractivity contribution in [3.8, 4) is 0 Å². The monoisotopic (exact) mass is 377 g/mol. The summed E-state index contributed by atoms with van der Waals surface area (Å²) < 4.78 is 16.5. The third-order valence-corrected chi connectivity index (χ3v) is 4.50. The minimum absolute atomic E-state index is 0.0767. The van der Waals surface area contributed by atoms with Crippen molar-refractivity contribution < 1.29 is 23.8 Å². The molecule has 0 aliphatic carbocycles. The van der Waals surface area contributed by atoms with Gasteiger partial charge < -0.3 is 14.2 Å². The predicted molar refractivity (Wildman–Crippen MR) is 102 cm³/mol. The third kappa shape index (κ3) is 5.78. The zero-order valence-corrected chi connectivity index (χ0v) is 17.0. The summed E-state index contributed by atoms with van der Waals surface area (Å²) in [5, 5.41) is 0. The van der Waals surface area contributed by atoms with Crippen LogP contribution in [0, 0.1) is 0 Å². The Morgan fingerprint density at radius 1 is 1.26 bits per heavy atom. The molecule has 1 saturated heterocycles. The zero-order valence-electron chi connectivity index (χ0n) is 17.0. The lowest BCUT2D eigenvalue weighted by atomic mass is 10.1. The van der Waals surface area contributed by atoms with E-state index in [2.05, 4.69) is 0 Å². The van der Waals surface area contributed by atoms with Crippen LogP contribution in [0.1, 0.15) is 53.0 Å². The van der Waals surface area contributed by atoms with Gasteiger partial charge in [0.05, 0.1) is 13.2 Å². The van der Waals surface area contributed by atoms with Crippen LogP contribution < -0.4 is 0 Å². The highest BCUT2D eigenvalue weighted by Gasteiger charge is 2.50. The van der Waals surface area contributed by atoms with Gasteiger partial charge in [0, 0.05) is 19.0 Å². The summed E-state index contributed by atoms with van der Waals surface area (Å²) >= 11 is 0. The Balaban J connectivity index is 2.12. The first-order valence-electron chi connectivity index (χ1n) is 9.49. The van der Waals surface area contributed by atoms with Crippen LogP contribution in [-0.2, 0) is 30.3 Å². The summed E-state index contributed by atoms with van der Waals surface area (Å²) in [6, 6.07) is 9.82. The summed E-state index contributed by atoms with van der Waals surface area (Å²) in [6.07, 6.45) is 0.826. The lowest BCUT2D eigenvalue weighted by molar-refractivity contribution is -0.180. The van der Waals surface area contributed by atoms with E-state index in [1.807, 2.05) is 56.0 Å². The molecule has 1 aliphatic rings. The van der Waals surface area contributed by atoms with Crippen molar-refractivity contribution in [2.24, 2.45) is 0 Å². The first-order valence-corrected chi connectivity index (χ1v) is 9.49. The standard InChI is InChI=1S/C21H31NO5/c1-6-25-19(24)21(5)22(14-16-10-8-7-9-11-16)17(15-26-21)12-13-18(23)27-20(2,3)4/h7-11,17H,6,12-15H2,1-5H3/t17-,21+/m0/s1. The van der Waals surface area contributed by atoms with Crippen LogP contribution in [0.25, 0.3) is 0 Å². The summed E-state index contributed by atoms with van der Waals surface area (Å²) in [6.45, 7) is 10.3. The van der Waals surface area contributed by atoms with Gasteiger partial charge >= 0.3 is 11.9 Å². The average molecular weight is 377 g/mol. The molecular formula is C21H31NO5. The molecule has 0 amide bonds. The fourth-order valence-corrected chi connectivity index (χ4v) is 3.20. The second-order valence-corrected chi connectivity index (χ2v) is 7.91. The van der Waals surface area contributed by atoms with E-state index in [1.54, 1.807) is 13.8 Å². The van der Waals surface area contributed by atoms with E-state index in [0.717, 1.165) is 5.56 Å². The van der Waals surface area contributed by atoms with Gasteiger partial charge in [-0.3, -0.25) is 9.69 Å². The lowest BCUT2D eigenvalue weighted by Gasteiger charge is -2.34. The Kier molecular flexibility index (Phi) is 7.00. The van der Waals surface area contributed by atoms with Crippen molar-refractivity contribution in [3.63, 3.8) is 0 Å². The smallest absolute Gasteiger partial charge is 0.353 e. The van der Waals surface area contributed by atoms with E-state index < -0.39 is 17.3 Å². The van der Waals surface area contributed by atoms with Gasteiger partial charge in [-0.05, 0) is 46.6 Å². The van der Waals surface area contributed by atoms with Crippen molar-refractivity contribution in [3.05, 3.63) is 35.9 Å². The number of esters is 2. The fraction of sp³-hybridized carbons (Fsp3) is 0.619. The van der Waals surface area contributed by atoms with Crippen LogP contribution in [0.5, 0.6) is 0 Å². The minimum atomic E-state index is -1.16. The molecule has 0 saturated carbocycles. The van der Waals surface area contributed by atoms with Crippen molar-refractivity contribution in [2.45, 2.75) is 71.4 Å². The molecule has 1 heterocycles. The molecule has 0 N–H and O–H groups in total. The minimum Gasteiger partial charge on any atom is -0.463 e. The average Bonchev–Trinajstić information content (AvgIpc) is 2.90. The molecular weight excluding hydrogens is 346 g/mol. The van der Waals surface area contributed by atoms with Gasteiger partial charge in [-0.1, -0.05) is 30.3 Å². The molecule has 0 bridgehead atoms. The Morgan fingerprint density at radius 2 is 1.93 bits per heavy atom. The topological polar surface area (TPSA) is 65.1 Å². The lowest BCUT2D eigenvalue weighted by Crippen LogP contribution is -2.52. The van der Waals surface area contributed by atoms with Crippen LogP contribution in [0.2, 0.25) is 0 Å². The number of ether oxygens (including phenoxy) is 3. The Bertz CT molecular complexity index is 640. The summed E-state index contributed by atoms with van der Waals surface area (Å²) in [4.78, 5) is 26.7. The van der Waals surface area contributed by atoms with Gasteiger partial charge in [0.2, 0.25) is 5.72 Å². The van der Waals surface area contributed by atoms with Gasteiger partial charge in [0.1, 0.15) is 5.60 Å². The Labute approximate surface area is 161 Å². The molecule has 0 unspecified atom stereocenters. The Hall–Kier alpha value is -1.92. The van der Waals surface area contributed by atoms with Gasteiger partial charge in [-0.2, -0.15) is 0 Å². The number of hydrogen-bond donors (Lipinski definition) is 0. The molecule has 2 rings (SSSR count). The maximum atomic E-state index is 12.6. The molecule has 1 aromatic carbocycles. The fourth-order valence-electron chi connectivity index (χ4n) is 3.20. The molecule has 6 heteroatoms. The van der Waals surface area contributed by atoms with E-state index in [9.17, 15) is 9.59 Å². The normalized spacial score (nSPS) is 23.2. The SMILES string of the molecule is CCOC(=O)[C@@]1(C)OC[C@H](CCC(=O)OC(C)(C)C)N1Cc1ccccc1. The highest BCUT2D eigenvalue weighted by Crippen LogP contribution is 2.33. The molecule has 1 fully saturated rings. The van der Waals surface area contributed by atoms with Crippen LogP contribution >= 0.6 is 0 Å². The molecule has 0 radical (unpaired) electrons. The van der Waals surface area contributed by atoms with E-state index >= 15 is 0 Å². The quantitative estimate of drug-likeness (QED) is 0.680. The zero-order chi connectivity index (χ0) is 20.1. The number of carbonyl (C=O) groups is 2. The summed E-state index contributed by atoms with van der Waals surface area (Å²) in [5.41, 5.74) is -0.600. The summed E-state index contributed by atoms with van der Waals surface area (Å²) in [7, 11) is 0. The molecule has 2 atom stereocenters. The Morgan fingerprint density at radius 3 is 2.52 bits per heavy atom. The highest BCUT2D eigenvalue weighted by atomic mass is 16.6. The van der Waals surface area contributed by atoms with E-state index in [1.165, 1.54) is 0 Å². The molecule has 0 aromatic heterocycles. The van der Waals surface area contributed by atoms with Crippen LogP contribution in [0.4, 0.5) is 0 Å². The molecule has 6 nitrogen and oxygen atoms in total. The second-order valence-electron chi connectivity index (χ2n) is 7.91. The van der Waals surface area contributed by atoms with Crippen molar-refractivity contribution in [2.75, 3.05) is 13.2 Å². The van der Waals surface area contributed by atoms with E-state index in [0.29, 0.717) is 26.2 Å². The van der Waals surface area contributed by atoms with Gasteiger partial charge in [-0.15, -0.1) is 0 Å². The first kappa shape index (κ1) is 21.4. The first-order chi connectivity index (χ1) is 12.7. The number of hydrogen-bond acceptors (Lipinski definition) is 6. The van der Waals surface area contributed by atoms with Crippen molar-refractivity contribution >= 4 is 11.9 Å². The van der Waals surface area contributed by atoms with E-state index in [4.69, 9.17) is 14.2 Å². The predicted octanol–water partition coefficient (Wildman–Crippen LogP) is 3.29. The largest absolute Gasteiger partial charge is 0.463 e. The van der Waals surface area contributed by atoms with Crippen molar-refractivity contribution in [1.29, 1.82) is 0 Å². The third-order valence-electron chi connectivity index (χ3n) is 4.50. The van der Waals surface area contributed by atoms with E-state index in [-0.39, 0.29) is 18.4 Å². The molecule has 0 spiro atoms.